The molecule has 0 saturated carbocycles. The first-order chi connectivity index (χ1) is 9.86. The zero-order chi connectivity index (χ0) is 15.5. The van der Waals surface area contributed by atoms with E-state index in [4.69, 9.17) is 0 Å². The standard InChI is InChI=1S/C15H12F5N/c16-14(17)11-4-1-3-10(7-11)9-21-13-6-2-5-12(8-13)15(18,19)20/h1-8,14,21H,9H2. The second-order valence-corrected chi connectivity index (χ2v) is 4.48. The van der Waals surface area contributed by atoms with E-state index in [0.29, 0.717) is 5.56 Å². The van der Waals surface area contributed by atoms with Gasteiger partial charge in [-0.05, 0) is 29.8 Å². The highest BCUT2D eigenvalue weighted by Crippen LogP contribution is 2.30. The number of anilines is 1. The van der Waals surface area contributed by atoms with Crippen molar-refractivity contribution in [1.82, 2.24) is 0 Å². The predicted molar refractivity (Wildman–Crippen MR) is 70.2 cm³/mol. The van der Waals surface area contributed by atoms with E-state index >= 15 is 0 Å². The summed E-state index contributed by atoms with van der Waals surface area (Å²) in [6.45, 7) is 0.169. The van der Waals surface area contributed by atoms with Gasteiger partial charge in [0.1, 0.15) is 0 Å². The summed E-state index contributed by atoms with van der Waals surface area (Å²) in [6.07, 6.45) is -6.98. The fourth-order valence-electron chi connectivity index (χ4n) is 1.85. The molecule has 0 spiro atoms. The number of hydrogen-bond donors (Lipinski definition) is 1. The number of hydrogen-bond acceptors (Lipinski definition) is 1. The molecule has 0 bridgehead atoms. The fraction of sp³-hybridized carbons (Fsp3) is 0.200. The molecule has 2 aromatic carbocycles. The normalized spacial score (nSPS) is 11.7. The van der Waals surface area contributed by atoms with Crippen molar-refractivity contribution in [2.75, 3.05) is 5.32 Å². The Bertz CT molecular complexity index is 607. The Labute approximate surface area is 118 Å². The number of rotatable bonds is 4. The Hall–Kier alpha value is -2.11. The van der Waals surface area contributed by atoms with Crippen LogP contribution in [0.15, 0.2) is 48.5 Å². The van der Waals surface area contributed by atoms with Gasteiger partial charge in [0.05, 0.1) is 5.56 Å². The van der Waals surface area contributed by atoms with E-state index in [0.717, 1.165) is 12.1 Å². The van der Waals surface area contributed by atoms with Gasteiger partial charge in [-0.3, -0.25) is 0 Å². The average Bonchev–Trinajstić information content (AvgIpc) is 2.45. The minimum Gasteiger partial charge on any atom is -0.381 e. The molecule has 1 nitrogen and oxygen atoms in total. The molecule has 6 heteroatoms. The Morgan fingerprint density at radius 2 is 1.67 bits per heavy atom. The first-order valence-electron chi connectivity index (χ1n) is 6.14. The molecule has 0 aliphatic rings. The smallest absolute Gasteiger partial charge is 0.381 e. The van der Waals surface area contributed by atoms with Crippen molar-refractivity contribution in [3.05, 3.63) is 65.2 Å². The van der Waals surface area contributed by atoms with Crippen LogP contribution < -0.4 is 5.32 Å². The summed E-state index contributed by atoms with van der Waals surface area (Å²) in [6, 6.07) is 10.5. The first kappa shape index (κ1) is 15.3. The van der Waals surface area contributed by atoms with E-state index < -0.39 is 18.2 Å². The largest absolute Gasteiger partial charge is 0.416 e. The van der Waals surface area contributed by atoms with E-state index in [9.17, 15) is 22.0 Å². The summed E-state index contributed by atoms with van der Waals surface area (Å²) < 4.78 is 62.8. The van der Waals surface area contributed by atoms with Crippen molar-refractivity contribution >= 4 is 5.69 Å². The van der Waals surface area contributed by atoms with Gasteiger partial charge < -0.3 is 5.32 Å². The lowest BCUT2D eigenvalue weighted by Gasteiger charge is -2.11. The second-order valence-electron chi connectivity index (χ2n) is 4.48. The van der Waals surface area contributed by atoms with Gasteiger partial charge in [0.25, 0.3) is 6.43 Å². The molecule has 112 valence electrons. The van der Waals surface area contributed by atoms with Crippen molar-refractivity contribution in [1.29, 1.82) is 0 Å². The molecule has 0 saturated heterocycles. The molecule has 0 heterocycles. The van der Waals surface area contributed by atoms with Gasteiger partial charge in [-0.2, -0.15) is 13.2 Å². The third-order valence-electron chi connectivity index (χ3n) is 2.89. The van der Waals surface area contributed by atoms with Crippen molar-refractivity contribution in [3.8, 4) is 0 Å². The fourth-order valence-corrected chi connectivity index (χ4v) is 1.85. The van der Waals surface area contributed by atoms with Crippen LogP contribution in [0.2, 0.25) is 0 Å². The minimum absolute atomic E-state index is 0.113. The lowest BCUT2D eigenvalue weighted by molar-refractivity contribution is -0.137. The molecular weight excluding hydrogens is 289 g/mol. The maximum absolute atomic E-state index is 12.6. The number of alkyl halides is 5. The monoisotopic (exact) mass is 301 g/mol. The summed E-state index contributed by atoms with van der Waals surface area (Å²) >= 11 is 0. The number of nitrogens with one attached hydrogen (secondary N) is 1. The lowest BCUT2D eigenvalue weighted by atomic mass is 10.1. The lowest BCUT2D eigenvalue weighted by Crippen LogP contribution is -2.06. The quantitative estimate of drug-likeness (QED) is 0.760. The van der Waals surface area contributed by atoms with Crippen LogP contribution in [0.1, 0.15) is 23.1 Å². The van der Waals surface area contributed by atoms with E-state index in [1.165, 1.54) is 30.3 Å². The Balaban J connectivity index is 2.08. The second kappa shape index (κ2) is 6.11. The molecule has 2 aromatic rings. The summed E-state index contributed by atoms with van der Waals surface area (Å²) in [4.78, 5) is 0. The van der Waals surface area contributed by atoms with Crippen LogP contribution in [0, 0.1) is 0 Å². The van der Waals surface area contributed by atoms with Gasteiger partial charge in [0, 0.05) is 17.8 Å². The van der Waals surface area contributed by atoms with E-state index in [1.54, 1.807) is 6.07 Å². The zero-order valence-corrected chi connectivity index (χ0v) is 10.8. The molecule has 2 rings (SSSR count). The van der Waals surface area contributed by atoms with Crippen LogP contribution in [0.4, 0.5) is 27.6 Å². The molecule has 21 heavy (non-hydrogen) atoms. The highest BCUT2D eigenvalue weighted by atomic mass is 19.4. The van der Waals surface area contributed by atoms with Gasteiger partial charge >= 0.3 is 6.18 Å². The molecule has 0 amide bonds. The maximum Gasteiger partial charge on any atom is 0.416 e. The van der Waals surface area contributed by atoms with Gasteiger partial charge in [-0.15, -0.1) is 0 Å². The van der Waals surface area contributed by atoms with Crippen LogP contribution in [-0.2, 0) is 12.7 Å². The van der Waals surface area contributed by atoms with Crippen LogP contribution >= 0.6 is 0 Å². The SMILES string of the molecule is FC(F)c1cccc(CNc2cccc(C(F)(F)F)c2)c1. The van der Waals surface area contributed by atoms with E-state index in [-0.39, 0.29) is 17.8 Å². The number of benzene rings is 2. The van der Waals surface area contributed by atoms with Gasteiger partial charge in [0.15, 0.2) is 0 Å². The predicted octanol–water partition coefficient (Wildman–Crippen LogP) is 5.26. The molecule has 0 unspecified atom stereocenters. The minimum atomic E-state index is -4.41. The zero-order valence-electron chi connectivity index (χ0n) is 10.8. The van der Waals surface area contributed by atoms with Crippen molar-refractivity contribution in [3.63, 3.8) is 0 Å². The van der Waals surface area contributed by atoms with Gasteiger partial charge in [0.2, 0.25) is 0 Å². The molecule has 1 N–H and O–H groups in total. The topological polar surface area (TPSA) is 12.0 Å². The molecule has 0 aliphatic carbocycles. The van der Waals surface area contributed by atoms with E-state index in [2.05, 4.69) is 5.32 Å². The van der Waals surface area contributed by atoms with Crippen LogP contribution in [-0.4, -0.2) is 0 Å². The number of halogens is 5. The van der Waals surface area contributed by atoms with Gasteiger partial charge in [-0.25, -0.2) is 8.78 Å². The highest BCUT2D eigenvalue weighted by Gasteiger charge is 2.30. The van der Waals surface area contributed by atoms with Crippen molar-refractivity contribution in [2.45, 2.75) is 19.1 Å². The van der Waals surface area contributed by atoms with Crippen LogP contribution in [0.3, 0.4) is 0 Å². The Morgan fingerprint density at radius 1 is 0.952 bits per heavy atom. The summed E-state index contributed by atoms with van der Waals surface area (Å²) in [5, 5.41) is 2.79. The van der Waals surface area contributed by atoms with Crippen LogP contribution in [0.25, 0.3) is 0 Å². The average molecular weight is 301 g/mol. The molecule has 0 fully saturated rings. The third-order valence-corrected chi connectivity index (χ3v) is 2.89. The maximum atomic E-state index is 12.6. The summed E-state index contributed by atoms with van der Waals surface area (Å²) in [5.74, 6) is 0. The molecule has 0 aliphatic heterocycles. The first-order valence-corrected chi connectivity index (χ1v) is 6.14. The molecular formula is C15H12F5N. The van der Waals surface area contributed by atoms with E-state index in [1.807, 2.05) is 0 Å². The van der Waals surface area contributed by atoms with Crippen LogP contribution in [0.5, 0.6) is 0 Å². The molecule has 0 aromatic heterocycles. The van der Waals surface area contributed by atoms with Gasteiger partial charge in [-0.1, -0.05) is 24.3 Å². The third kappa shape index (κ3) is 4.18. The summed E-state index contributed by atoms with van der Waals surface area (Å²) in [5.41, 5.74) is -0.00957. The highest BCUT2D eigenvalue weighted by molar-refractivity contribution is 5.47. The Kier molecular flexibility index (Phi) is 4.45. The van der Waals surface area contributed by atoms with Crippen molar-refractivity contribution < 1.29 is 22.0 Å². The molecule has 0 atom stereocenters. The van der Waals surface area contributed by atoms with Crippen molar-refractivity contribution in [2.24, 2.45) is 0 Å². The summed E-state index contributed by atoms with van der Waals surface area (Å²) in [7, 11) is 0. The molecule has 0 radical (unpaired) electrons. The Morgan fingerprint density at radius 3 is 2.33 bits per heavy atom.